The smallest absolute Gasteiger partial charge is 0.132 e. The molecule has 0 aliphatic heterocycles. The second kappa shape index (κ2) is 6.64. The molecule has 4 aromatic rings. The molecule has 0 fully saturated rings. The van der Waals surface area contributed by atoms with Crippen LogP contribution in [0.3, 0.4) is 0 Å². The fraction of sp³-hybridized carbons (Fsp3) is 0.217. The quantitative estimate of drug-likeness (QED) is 0.463. The summed E-state index contributed by atoms with van der Waals surface area (Å²) in [4.78, 5) is 8.92. The van der Waals surface area contributed by atoms with Crippen LogP contribution in [-0.4, -0.2) is 9.97 Å². The van der Waals surface area contributed by atoms with Gasteiger partial charge in [0.25, 0.3) is 0 Å². The molecule has 0 spiro atoms. The zero-order valence-corrected chi connectivity index (χ0v) is 14.8. The van der Waals surface area contributed by atoms with Crippen molar-refractivity contribution in [3.05, 3.63) is 83.4 Å². The molecule has 2 nitrogen and oxygen atoms in total. The van der Waals surface area contributed by atoms with Crippen molar-refractivity contribution in [3.8, 4) is 0 Å². The molecule has 2 heteroatoms. The average molecular weight is 326 g/mol. The minimum absolute atomic E-state index is 0.759. The van der Waals surface area contributed by atoms with Gasteiger partial charge in [0.1, 0.15) is 5.82 Å². The molecule has 4 rings (SSSR count). The molecule has 0 aliphatic carbocycles. The number of aromatic nitrogens is 2. The summed E-state index contributed by atoms with van der Waals surface area (Å²) in [6.45, 7) is 4.46. The van der Waals surface area contributed by atoms with E-state index in [1.165, 1.54) is 38.2 Å². The number of aryl methyl sites for hydroxylation is 2. The van der Waals surface area contributed by atoms with Crippen molar-refractivity contribution in [2.24, 2.45) is 0 Å². The first-order chi connectivity index (χ1) is 12.3. The van der Waals surface area contributed by atoms with Gasteiger partial charge in [0, 0.05) is 18.8 Å². The van der Waals surface area contributed by atoms with Crippen molar-refractivity contribution in [2.75, 3.05) is 0 Å². The molecule has 0 aliphatic rings. The van der Waals surface area contributed by atoms with E-state index in [0.29, 0.717) is 0 Å². The van der Waals surface area contributed by atoms with E-state index in [2.05, 4.69) is 66.3 Å². The van der Waals surface area contributed by atoms with Crippen molar-refractivity contribution in [1.82, 2.24) is 9.97 Å². The van der Waals surface area contributed by atoms with Crippen molar-refractivity contribution >= 4 is 21.5 Å². The lowest BCUT2D eigenvalue weighted by Gasteiger charge is -2.16. The van der Waals surface area contributed by atoms with Crippen LogP contribution in [0.1, 0.15) is 36.4 Å². The standard InChI is InChI=1S/C23H22N2/c1-3-16-10-11-20-17(4-2)18-8-5-6-9-19(18)22(21(20)14-16)15-23-24-12-7-13-25-23/h5-14H,3-4,15H2,1-2H3. The van der Waals surface area contributed by atoms with Crippen LogP contribution in [0, 0.1) is 0 Å². The summed E-state index contributed by atoms with van der Waals surface area (Å²) in [5.74, 6) is 0.875. The maximum Gasteiger partial charge on any atom is 0.132 e. The summed E-state index contributed by atoms with van der Waals surface area (Å²) in [6, 6.07) is 17.5. The third-order valence-corrected chi connectivity index (χ3v) is 5.03. The highest BCUT2D eigenvalue weighted by molar-refractivity contribution is 6.06. The Balaban J connectivity index is 2.08. The molecule has 124 valence electrons. The highest BCUT2D eigenvalue weighted by Crippen LogP contribution is 2.35. The van der Waals surface area contributed by atoms with E-state index in [1.807, 2.05) is 18.5 Å². The maximum absolute atomic E-state index is 4.46. The third-order valence-electron chi connectivity index (χ3n) is 5.03. The molecule has 0 unspecified atom stereocenters. The Morgan fingerprint density at radius 3 is 2.04 bits per heavy atom. The number of rotatable bonds is 4. The molecule has 0 atom stereocenters. The van der Waals surface area contributed by atoms with E-state index >= 15 is 0 Å². The number of hydrogen-bond donors (Lipinski definition) is 0. The Labute approximate surface area is 148 Å². The number of fused-ring (bicyclic) bond motifs is 2. The molecular formula is C23H22N2. The van der Waals surface area contributed by atoms with Gasteiger partial charge in [-0.25, -0.2) is 9.97 Å². The number of hydrogen-bond acceptors (Lipinski definition) is 2. The monoisotopic (exact) mass is 326 g/mol. The van der Waals surface area contributed by atoms with Crippen LogP contribution < -0.4 is 0 Å². The Morgan fingerprint density at radius 1 is 0.680 bits per heavy atom. The van der Waals surface area contributed by atoms with Gasteiger partial charge in [0.05, 0.1) is 0 Å². The molecule has 0 bridgehead atoms. The minimum atomic E-state index is 0.759. The van der Waals surface area contributed by atoms with Crippen LogP contribution in [0.25, 0.3) is 21.5 Å². The second-order valence-electron chi connectivity index (χ2n) is 6.43. The largest absolute Gasteiger partial charge is 0.241 e. The summed E-state index contributed by atoms with van der Waals surface area (Å²) in [5.41, 5.74) is 4.15. The Hall–Kier alpha value is -2.74. The lowest BCUT2D eigenvalue weighted by atomic mass is 9.88. The fourth-order valence-electron chi connectivity index (χ4n) is 3.77. The lowest BCUT2D eigenvalue weighted by Crippen LogP contribution is -2.00. The van der Waals surface area contributed by atoms with Crippen LogP contribution in [0.15, 0.2) is 60.9 Å². The number of benzene rings is 3. The van der Waals surface area contributed by atoms with Crippen LogP contribution >= 0.6 is 0 Å². The average Bonchev–Trinajstić information content (AvgIpc) is 2.68. The molecule has 0 saturated carbocycles. The molecule has 1 heterocycles. The SMILES string of the molecule is CCc1ccc2c(CC)c3ccccc3c(Cc3ncccn3)c2c1. The van der Waals surface area contributed by atoms with Crippen LogP contribution in [0.5, 0.6) is 0 Å². The first kappa shape index (κ1) is 15.8. The van der Waals surface area contributed by atoms with Gasteiger partial charge in [0.2, 0.25) is 0 Å². The molecule has 0 N–H and O–H groups in total. The maximum atomic E-state index is 4.46. The summed E-state index contributed by atoms with van der Waals surface area (Å²) >= 11 is 0. The topological polar surface area (TPSA) is 25.8 Å². The summed E-state index contributed by atoms with van der Waals surface area (Å²) in [5, 5.41) is 5.40. The van der Waals surface area contributed by atoms with Gasteiger partial charge in [-0.2, -0.15) is 0 Å². The van der Waals surface area contributed by atoms with Crippen molar-refractivity contribution in [3.63, 3.8) is 0 Å². The molecule has 0 amide bonds. The predicted octanol–water partition coefficient (Wildman–Crippen LogP) is 5.50. The van der Waals surface area contributed by atoms with Gasteiger partial charge < -0.3 is 0 Å². The van der Waals surface area contributed by atoms with E-state index in [9.17, 15) is 0 Å². The molecule has 0 saturated heterocycles. The van der Waals surface area contributed by atoms with E-state index in [-0.39, 0.29) is 0 Å². The zero-order valence-electron chi connectivity index (χ0n) is 14.8. The summed E-state index contributed by atoms with van der Waals surface area (Å²) in [7, 11) is 0. The van der Waals surface area contributed by atoms with E-state index in [0.717, 1.165) is 25.1 Å². The minimum Gasteiger partial charge on any atom is -0.241 e. The Kier molecular flexibility index (Phi) is 4.19. The lowest BCUT2D eigenvalue weighted by molar-refractivity contribution is 0.977. The van der Waals surface area contributed by atoms with E-state index in [4.69, 9.17) is 0 Å². The first-order valence-electron chi connectivity index (χ1n) is 9.02. The zero-order chi connectivity index (χ0) is 17.2. The summed E-state index contributed by atoms with van der Waals surface area (Å²) < 4.78 is 0. The molecule has 25 heavy (non-hydrogen) atoms. The Bertz CT molecular complexity index is 1040. The molecular weight excluding hydrogens is 304 g/mol. The van der Waals surface area contributed by atoms with Crippen LogP contribution in [-0.2, 0) is 19.3 Å². The number of nitrogens with zero attached hydrogens (tertiary/aromatic N) is 2. The van der Waals surface area contributed by atoms with Gasteiger partial charge in [-0.05, 0) is 57.1 Å². The normalized spacial score (nSPS) is 11.3. The van der Waals surface area contributed by atoms with Gasteiger partial charge in [-0.15, -0.1) is 0 Å². The second-order valence-corrected chi connectivity index (χ2v) is 6.43. The van der Waals surface area contributed by atoms with Crippen molar-refractivity contribution in [2.45, 2.75) is 33.1 Å². The van der Waals surface area contributed by atoms with Gasteiger partial charge in [0.15, 0.2) is 0 Å². The highest BCUT2D eigenvalue weighted by Gasteiger charge is 2.14. The molecule has 0 radical (unpaired) electrons. The predicted molar refractivity (Wildman–Crippen MR) is 105 cm³/mol. The first-order valence-corrected chi connectivity index (χ1v) is 9.02. The highest BCUT2D eigenvalue weighted by atomic mass is 14.8. The van der Waals surface area contributed by atoms with Gasteiger partial charge in [-0.3, -0.25) is 0 Å². The summed E-state index contributed by atoms with van der Waals surface area (Å²) in [6.07, 6.45) is 6.49. The Morgan fingerprint density at radius 2 is 1.36 bits per heavy atom. The van der Waals surface area contributed by atoms with E-state index in [1.54, 1.807) is 0 Å². The van der Waals surface area contributed by atoms with Crippen LogP contribution in [0.4, 0.5) is 0 Å². The van der Waals surface area contributed by atoms with Gasteiger partial charge in [-0.1, -0.05) is 56.3 Å². The third kappa shape index (κ3) is 2.78. The molecule has 1 aromatic heterocycles. The van der Waals surface area contributed by atoms with E-state index < -0.39 is 0 Å². The van der Waals surface area contributed by atoms with Crippen molar-refractivity contribution in [1.29, 1.82) is 0 Å². The molecule has 3 aromatic carbocycles. The fourth-order valence-corrected chi connectivity index (χ4v) is 3.77. The van der Waals surface area contributed by atoms with Gasteiger partial charge >= 0.3 is 0 Å². The van der Waals surface area contributed by atoms with Crippen molar-refractivity contribution < 1.29 is 0 Å². The van der Waals surface area contributed by atoms with Crippen LogP contribution in [0.2, 0.25) is 0 Å².